The molecule has 22 heavy (non-hydrogen) atoms. The zero-order valence-corrected chi connectivity index (χ0v) is 13.3. The summed E-state index contributed by atoms with van der Waals surface area (Å²) in [4.78, 5) is 12.6. The summed E-state index contributed by atoms with van der Waals surface area (Å²) in [6, 6.07) is 14.7. The van der Waals surface area contributed by atoms with E-state index in [0.717, 1.165) is 5.56 Å². The second-order valence-electron chi connectivity index (χ2n) is 4.87. The van der Waals surface area contributed by atoms with Crippen molar-refractivity contribution in [2.75, 3.05) is 5.01 Å². The predicted octanol–water partition coefficient (Wildman–Crippen LogP) is 4.80. The number of hydrogen-bond acceptors (Lipinski definition) is 2. The van der Waals surface area contributed by atoms with Gasteiger partial charge < -0.3 is 0 Å². The van der Waals surface area contributed by atoms with Crippen LogP contribution >= 0.6 is 23.2 Å². The van der Waals surface area contributed by atoms with Gasteiger partial charge in [-0.15, -0.1) is 0 Å². The number of carbonyl (C=O) groups excluding carboxylic acids is 1. The lowest BCUT2D eigenvalue weighted by Crippen LogP contribution is -2.21. The van der Waals surface area contributed by atoms with Crippen LogP contribution in [0, 0.1) is 0 Å². The van der Waals surface area contributed by atoms with Crippen molar-refractivity contribution in [3.8, 4) is 0 Å². The summed E-state index contributed by atoms with van der Waals surface area (Å²) in [5.41, 5.74) is 2.78. The molecule has 1 aliphatic rings. The maximum Gasteiger partial charge on any atom is 0.280 e. The number of nitrogens with zero attached hydrogens (tertiary/aromatic N) is 2. The van der Waals surface area contributed by atoms with Crippen molar-refractivity contribution in [2.45, 2.75) is 6.92 Å². The monoisotopic (exact) mass is 330 g/mol. The standard InChI is InChI=1S/C17H12Cl2N2O/c1-11-14(9-12-5-3-2-4-6-12)17(22)21(20-11)13-7-8-15(18)16(19)10-13/h2-10H,1H3. The van der Waals surface area contributed by atoms with Crippen LogP contribution in [0.2, 0.25) is 10.0 Å². The molecule has 2 aromatic carbocycles. The van der Waals surface area contributed by atoms with Gasteiger partial charge in [0.2, 0.25) is 0 Å². The van der Waals surface area contributed by atoms with E-state index in [0.29, 0.717) is 27.0 Å². The molecule has 3 rings (SSSR count). The third kappa shape index (κ3) is 2.78. The molecule has 5 heteroatoms. The van der Waals surface area contributed by atoms with Crippen LogP contribution < -0.4 is 5.01 Å². The summed E-state index contributed by atoms with van der Waals surface area (Å²) < 4.78 is 0. The smallest absolute Gasteiger partial charge is 0.267 e. The van der Waals surface area contributed by atoms with Gasteiger partial charge in [-0.1, -0.05) is 53.5 Å². The van der Waals surface area contributed by atoms with Crippen LogP contribution in [0.4, 0.5) is 5.69 Å². The zero-order valence-electron chi connectivity index (χ0n) is 11.8. The number of rotatable bonds is 2. The Morgan fingerprint density at radius 1 is 1.05 bits per heavy atom. The minimum absolute atomic E-state index is 0.181. The molecule has 0 fully saturated rings. The average molecular weight is 331 g/mol. The molecule has 0 bridgehead atoms. The van der Waals surface area contributed by atoms with Crippen LogP contribution in [0.5, 0.6) is 0 Å². The average Bonchev–Trinajstić information content (AvgIpc) is 2.79. The Balaban J connectivity index is 1.96. The first-order valence-electron chi connectivity index (χ1n) is 6.68. The maximum absolute atomic E-state index is 12.6. The number of benzene rings is 2. The Morgan fingerprint density at radius 3 is 2.45 bits per heavy atom. The molecule has 1 amide bonds. The SMILES string of the molecule is CC1=NN(c2ccc(Cl)c(Cl)c2)C(=O)C1=Cc1ccccc1. The highest BCUT2D eigenvalue weighted by Crippen LogP contribution is 2.30. The molecule has 0 unspecified atom stereocenters. The molecule has 0 aliphatic carbocycles. The summed E-state index contributed by atoms with van der Waals surface area (Å²) >= 11 is 11.9. The fraction of sp³-hybridized carbons (Fsp3) is 0.0588. The number of hydrazone groups is 1. The molecule has 0 saturated heterocycles. The highest BCUT2D eigenvalue weighted by molar-refractivity contribution is 6.42. The molecule has 0 saturated carbocycles. The first kappa shape index (κ1) is 14.8. The van der Waals surface area contributed by atoms with Crippen LogP contribution in [0.3, 0.4) is 0 Å². The van der Waals surface area contributed by atoms with Gasteiger partial charge in [0.1, 0.15) is 0 Å². The van der Waals surface area contributed by atoms with Crippen molar-refractivity contribution in [1.29, 1.82) is 0 Å². The summed E-state index contributed by atoms with van der Waals surface area (Å²) in [5, 5.41) is 6.49. The molecule has 0 atom stereocenters. The second kappa shape index (κ2) is 5.95. The predicted molar refractivity (Wildman–Crippen MR) is 91.5 cm³/mol. The first-order chi connectivity index (χ1) is 10.6. The van der Waals surface area contributed by atoms with Crippen LogP contribution in [0.25, 0.3) is 6.08 Å². The first-order valence-corrected chi connectivity index (χ1v) is 7.43. The van der Waals surface area contributed by atoms with E-state index >= 15 is 0 Å². The minimum atomic E-state index is -0.181. The Hall–Kier alpha value is -2.10. The number of hydrogen-bond donors (Lipinski definition) is 0. The van der Waals surface area contributed by atoms with Crippen molar-refractivity contribution < 1.29 is 4.79 Å². The Labute approximate surface area is 138 Å². The quantitative estimate of drug-likeness (QED) is 0.728. The second-order valence-corrected chi connectivity index (χ2v) is 5.68. The van der Waals surface area contributed by atoms with Crippen LogP contribution in [0.1, 0.15) is 12.5 Å². The zero-order chi connectivity index (χ0) is 15.7. The van der Waals surface area contributed by atoms with E-state index in [2.05, 4.69) is 5.10 Å². The molecule has 2 aromatic rings. The third-order valence-corrected chi connectivity index (χ3v) is 4.06. The topological polar surface area (TPSA) is 32.7 Å². The maximum atomic E-state index is 12.6. The highest BCUT2D eigenvalue weighted by atomic mass is 35.5. The van der Waals surface area contributed by atoms with E-state index < -0.39 is 0 Å². The van der Waals surface area contributed by atoms with Gasteiger partial charge in [0.05, 0.1) is 27.0 Å². The van der Waals surface area contributed by atoms with E-state index in [1.54, 1.807) is 18.2 Å². The van der Waals surface area contributed by atoms with Crippen LogP contribution in [-0.4, -0.2) is 11.6 Å². The van der Waals surface area contributed by atoms with E-state index in [1.165, 1.54) is 5.01 Å². The third-order valence-electron chi connectivity index (χ3n) is 3.32. The molecule has 110 valence electrons. The lowest BCUT2D eigenvalue weighted by Gasteiger charge is -2.12. The van der Waals surface area contributed by atoms with Crippen molar-refractivity contribution >= 4 is 46.6 Å². The number of halogens is 2. The van der Waals surface area contributed by atoms with Gasteiger partial charge in [0.15, 0.2) is 0 Å². The van der Waals surface area contributed by atoms with Crippen molar-refractivity contribution in [1.82, 2.24) is 0 Å². The van der Waals surface area contributed by atoms with Gasteiger partial charge in [0.25, 0.3) is 5.91 Å². The number of amides is 1. The summed E-state index contributed by atoms with van der Waals surface area (Å²) in [7, 11) is 0. The van der Waals surface area contributed by atoms with Crippen molar-refractivity contribution in [3.63, 3.8) is 0 Å². The largest absolute Gasteiger partial charge is 0.280 e. The number of anilines is 1. The van der Waals surface area contributed by atoms with E-state index in [-0.39, 0.29) is 5.91 Å². The molecule has 3 nitrogen and oxygen atoms in total. The fourth-order valence-corrected chi connectivity index (χ4v) is 2.48. The fourth-order valence-electron chi connectivity index (χ4n) is 2.19. The summed E-state index contributed by atoms with van der Waals surface area (Å²) in [6.45, 7) is 1.81. The molecule has 0 N–H and O–H groups in total. The lowest BCUT2D eigenvalue weighted by molar-refractivity contribution is -0.114. The molecule has 1 heterocycles. The molecule has 0 aromatic heterocycles. The summed E-state index contributed by atoms with van der Waals surface area (Å²) in [5.74, 6) is -0.181. The molecule has 0 radical (unpaired) electrons. The normalized spacial score (nSPS) is 16.3. The Morgan fingerprint density at radius 2 is 1.77 bits per heavy atom. The van der Waals surface area contributed by atoms with Crippen LogP contribution in [-0.2, 0) is 4.79 Å². The molecular weight excluding hydrogens is 319 g/mol. The van der Waals surface area contributed by atoms with E-state index in [1.807, 2.05) is 43.3 Å². The minimum Gasteiger partial charge on any atom is -0.267 e. The Bertz CT molecular complexity index is 798. The Kier molecular flexibility index (Phi) is 4.01. The van der Waals surface area contributed by atoms with Crippen LogP contribution in [0.15, 0.2) is 59.2 Å². The molecule has 1 aliphatic heterocycles. The van der Waals surface area contributed by atoms with E-state index in [4.69, 9.17) is 23.2 Å². The molecular formula is C17H12Cl2N2O. The van der Waals surface area contributed by atoms with Gasteiger partial charge in [-0.3, -0.25) is 4.79 Å². The lowest BCUT2D eigenvalue weighted by atomic mass is 10.1. The highest BCUT2D eigenvalue weighted by Gasteiger charge is 2.28. The van der Waals surface area contributed by atoms with Crippen molar-refractivity contribution in [3.05, 3.63) is 69.7 Å². The van der Waals surface area contributed by atoms with Gasteiger partial charge >= 0.3 is 0 Å². The number of carbonyl (C=O) groups is 1. The van der Waals surface area contributed by atoms with Crippen molar-refractivity contribution in [2.24, 2.45) is 5.10 Å². The summed E-state index contributed by atoms with van der Waals surface area (Å²) in [6.07, 6.45) is 1.83. The van der Waals surface area contributed by atoms with E-state index in [9.17, 15) is 4.79 Å². The molecule has 0 spiro atoms. The van der Waals surface area contributed by atoms with Gasteiger partial charge in [-0.05, 0) is 36.8 Å². The van der Waals surface area contributed by atoms with Gasteiger partial charge in [0, 0.05) is 0 Å². The van der Waals surface area contributed by atoms with Gasteiger partial charge in [-0.25, -0.2) is 0 Å². The van der Waals surface area contributed by atoms with Gasteiger partial charge in [-0.2, -0.15) is 10.1 Å².